The molecular formula is C21H18N2O2S2. The molecule has 6 heteroatoms. The molecule has 0 unspecified atom stereocenters. The maximum atomic E-state index is 12.7. The number of ether oxygens (including phenoxy) is 1. The van der Waals surface area contributed by atoms with E-state index in [4.69, 9.17) is 4.74 Å². The summed E-state index contributed by atoms with van der Waals surface area (Å²) >= 11 is 3.21. The number of fused-ring (bicyclic) bond motifs is 1. The van der Waals surface area contributed by atoms with Crippen molar-refractivity contribution in [2.45, 2.75) is 11.5 Å². The van der Waals surface area contributed by atoms with E-state index in [0.717, 1.165) is 33.0 Å². The van der Waals surface area contributed by atoms with Gasteiger partial charge < -0.3 is 9.72 Å². The molecule has 0 saturated carbocycles. The normalized spacial score (nSPS) is 11.0. The topological polar surface area (TPSA) is 55.0 Å². The summed E-state index contributed by atoms with van der Waals surface area (Å²) in [5, 5.41) is 2.68. The summed E-state index contributed by atoms with van der Waals surface area (Å²) in [6, 6.07) is 17.9. The lowest BCUT2D eigenvalue weighted by molar-refractivity contribution is 0.411. The second-order valence-corrected chi connectivity index (χ2v) is 7.86. The second-order valence-electron chi connectivity index (χ2n) is 6.01. The van der Waals surface area contributed by atoms with E-state index < -0.39 is 0 Å². The van der Waals surface area contributed by atoms with E-state index in [9.17, 15) is 4.79 Å². The molecule has 1 N–H and O–H groups in total. The van der Waals surface area contributed by atoms with Gasteiger partial charge in [0.25, 0.3) is 5.56 Å². The molecule has 0 radical (unpaired) electrons. The monoisotopic (exact) mass is 394 g/mol. The van der Waals surface area contributed by atoms with Gasteiger partial charge in [-0.05, 0) is 11.6 Å². The van der Waals surface area contributed by atoms with Crippen LogP contribution >= 0.6 is 23.1 Å². The molecule has 2 aromatic heterocycles. The Kier molecular flexibility index (Phi) is 5.27. The molecule has 27 heavy (non-hydrogen) atoms. The SMILES string of the molecule is COc1ccccc1CSCc1nc2scc(-c3ccccc3)c2c(=O)[nH]1. The van der Waals surface area contributed by atoms with E-state index in [2.05, 4.69) is 16.0 Å². The number of nitrogens with zero attached hydrogens (tertiary/aromatic N) is 1. The molecule has 0 aliphatic carbocycles. The third-order valence-electron chi connectivity index (χ3n) is 4.27. The minimum Gasteiger partial charge on any atom is -0.496 e. The first-order chi connectivity index (χ1) is 13.3. The quantitative estimate of drug-likeness (QED) is 0.495. The summed E-state index contributed by atoms with van der Waals surface area (Å²) in [5.41, 5.74) is 3.04. The lowest BCUT2D eigenvalue weighted by atomic mass is 10.1. The Bertz CT molecular complexity index is 1120. The van der Waals surface area contributed by atoms with Crippen LogP contribution in [0.15, 0.2) is 64.8 Å². The van der Waals surface area contributed by atoms with Crippen molar-refractivity contribution in [3.8, 4) is 16.9 Å². The number of aromatic nitrogens is 2. The molecule has 2 heterocycles. The molecule has 0 saturated heterocycles. The number of nitrogens with one attached hydrogen (secondary N) is 1. The van der Waals surface area contributed by atoms with Gasteiger partial charge in [-0.15, -0.1) is 23.1 Å². The number of hydrogen-bond donors (Lipinski definition) is 1. The van der Waals surface area contributed by atoms with Crippen LogP contribution in [0.25, 0.3) is 21.3 Å². The summed E-state index contributed by atoms with van der Waals surface area (Å²) in [5.74, 6) is 3.02. The smallest absolute Gasteiger partial charge is 0.260 e. The minimum absolute atomic E-state index is 0.0759. The molecule has 2 aromatic carbocycles. The number of hydrogen-bond acceptors (Lipinski definition) is 5. The Balaban J connectivity index is 1.55. The van der Waals surface area contributed by atoms with Crippen molar-refractivity contribution in [1.29, 1.82) is 0 Å². The standard InChI is InChI=1S/C21H18N2O2S2/c1-25-17-10-6-5-9-15(17)11-26-13-18-22-20(24)19-16(12-27-21(19)23-18)14-7-3-2-4-8-14/h2-10,12H,11,13H2,1H3,(H,22,23,24). The highest BCUT2D eigenvalue weighted by Crippen LogP contribution is 2.31. The van der Waals surface area contributed by atoms with Gasteiger partial charge in [0.15, 0.2) is 0 Å². The van der Waals surface area contributed by atoms with Crippen LogP contribution in [0.2, 0.25) is 0 Å². The van der Waals surface area contributed by atoms with Crippen molar-refractivity contribution in [3.05, 3.63) is 81.7 Å². The van der Waals surface area contributed by atoms with Crippen molar-refractivity contribution >= 4 is 33.3 Å². The fourth-order valence-electron chi connectivity index (χ4n) is 2.97. The van der Waals surface area contributed by atoms with Crippen molar-refractivity contribution < 1.29 is 4.74 Å². The number of rotatable bonds is 6. The Labute approximate surface area is 165 Å². The number of methoxy groups -OCH3 is 1. The molecule has 0 aliphatic heterocycles. The van der Waals surface area contributed by atoms with Gasteiger partial charge in [-0.3, -0.25) is 4.79 Å². The summed E-state index contributed by atoms with van der Waals surface area (Å²) < 4.78 is 5.38. The Morgan fingerprint density at radius 1 is 1.07 bits per heavy atom. The second kappa shape index (κ2) is 7.98. The van der Waals surface area contributed by atoms with E-state index in [1.165, 1.54) is 11.3 Å². The van der Waals surface area contributed by atoms with Crippen LogP contribution in [0.1, 0.15) is 11.4 Å². The fraction of sp³-hybridized carbons (Fsp3) is 0.143. The zero-order chi connectivity index (χ0) is 18.6. The van der Waals surface area contributed by atoms with E-state index in [1.807, 2.05) is 53.9 Å². The van der Waals surface area contributed by atoms with Gasteiger partial charge >= 0.3 is 0 Å². The molecule has 4 aromatic rings. The number of benzene rings is 2. The van der Waals surface area contributed by atoms with Crippen molar-refractivity contribution in [2.75, 3.05) is 7.11 Å². The molecule has 0 amide bonds. The Morgan fingerprint density at radius 2 is 1.85 bits per heavy atom. The van der Waals surface area contributed by atoms with Crippen molar-refractivity contribution in [3.63, 3.8) is 0 Å². The summed E-state index contributed by atoms with van der Waals surface area (Å²) in [6.45, 7) is 0. The van der Waals surface area contributed by atoms with Crippen LogP contribution in [-0.4, -0.2) is 17.1 Å². The molecule has 0 spiro atoms. The van der Waals surface area contributed by atoms with Gasteiger partial charge in [0.05, 0.1) is 18.2 Å². The van der Waals surface area contributed by atoms with Crippen molar-refractivity contribution in [2.24, 2.45) is 0 Å². The Hall–Kier alpha value is -2.57. The highest BCUT2D eigenvalue weighted by Gasteiger charge is 2.13. The third-order valence-corrected chi connectivity index (χ3v) is 6.13. The molecule has 0 aliphatic rings. The molecule has 0 fully saturated rings. The Morgan fingerprint density at radius 3 is 2.67 bits per heavy atom. The van der Waals surface area contributed by atoms with Crippen molar-refractivity contribution in [1.82, 2.24) is 9.97 Å². The van der Waals surface area contributed by atoms with E-state index in [-0.39, 0.29) is 5.56 Å². The van der Waals surface area contributed by atoms with Crippen LogP contribution in [-0.2, 0) is 11.5 Å². The highest BCUT2D eigenvalue weighted by molar-refractivity contribution is 7.97. The fourth-order valence-corrected chi connectivity index (χ4v) is 4.83. The molecule has 0 bridgehead atoms. The molecule has 136 valence electrons. The highest BCUT2D eigenvalue weighted by atomic mass is 32.2. The maximum Gasteiger partial charge on any atom is 0.260 e. The van der Waals surface area contributed by atoms with Crippen LogP contribution < -0.4 is 10.3 Å². The van der Waals surface area contributed by atoms with Gasteiger partial charge in [0, 0.05) is 22.3 Å². The summed E-state index contributed by atoms with van der Waals surface area (Å²) in [4.78, 5) is 21.1. The van der Waals surface area contributed by atoms with Crippen LogP contribution in [0.4, 0.5) is 0 Å². The lowest BCUT2D eigenvalue weighted by Gasteiger charge is -2.07. The average molecular weight is 395 g/mol. The minimum atomic E-state index is -0.0759. The van der Waals surface area contributed by atoms with Gasteiger partial charge in [0.2, 0.25) is 0 Å². The van der Waals surface area contributed by atoms with Crippen LogP contribution in [0.5, 0.6) is 5.75 Å². The van der Waals surface area contributed by atoms with Crippen LogP contribution in [0, 0.1) is 0 Å². The van der Waals surface area contributed by atoms with Gasteiger partial charge in [0.1, 0.15) is 16.4 Å². The predicted molar refractivity (Wildman–Crippen MR) is 114 cm³/mol. The zero-order valence-electron chi connectivity index (χ0n) is 14.8. The van der Waals surface area contributed by atoms with Gasteiger partial charge in [-0.2, -0.15) is 0 Å². The first-order valence-corrected chi connectivity index (χ1v) is 10.5. The predicted octanol–water partition coefficient (Wildman–Crippen LogP) is 5.09. The molecular weight excluding hydrogens is 376 g/mol. The van der Waals surface area contributed by atoms with E-state index in [0.29, 0.717) is 17.0 Å². The number of thioether (sulfide) groups is 1. The molecule has 4 nitrogen and oxygen atoms in total. The molecule has 0 atom stereocenters. The number of para-hydroxylation sites is 1. The largest absolute Gasteiger partial charge is 0.496 e. The number of aromatic amines is 1. The maximum absolute atomic E-state index is 12.7. The summed E-state index contributed by atoms with van der Waals surface area (Å²) in [7, 11) is 1.68. The van der Waals surface area contributed by atoms with Gasteiger partial charge in [-0.25, -0.2) is 4.98 Å². The van der Waals surface area contributed by atoms with Crippen LogP contribution in [0.3, 0.4) is 0 Å². The first kappa shape index (κ1) is 17.8. The molecule has 4 rings (SSSR count). The summed E-state index contributed by atoms with van der Waals surface area (Å²) in [6.07, 6.45) is 0. The van der Waals surface area contributed by atoms with E-state index >= 15 is 0 Å². The van der Waals surface area contributed by atoms with Gasteiger partial charge in [-0.1, -0.05) is 48.5 Å². The van der Waals surface area contributed by atoms with E-state index in [1.54, 1.807) is 18.9 Å². The first-order valence-electron chi connectivity index (χ1n) is 8.51. The zero-order valence-corrected chi connectivity index (χ0v) is 16.4. The number of H-pyrrole nitrogens is 1. The lowest BCUT2D eigenvalue weighted by Crippen LogP contribution is -2.10. The third kappa shape index (κ3) is 3.77. The average Bonchev–Trinajstić information content (AvgIpc) is 3.14. The number of thiophene rings is 1.